The highest BCUT2D eigenvalue weighted by Crippen LogP contribution is 2.28. The third-order valence-corrected chi connectivity index (χ3v) is 2.88. The van der Waals surface area contributed by atoms with E-state index in [4.69, 9.17) is 9.84 Å². The number of hydrogen-bond acceptors (Lipinski definition) is 3. The van der Waals surface area contributed by atoms with E-state index in [0.717, 1.165) is 11.1 Å². The third-order valence-electron chi connectivity index (χ3n) is 2.88. The predicted molar refractivity (Wildman–Crippen MR) is 71.3 cm³/mol. The normalized spacial score (nSPS) is 10.2. The zero-order valence-electron chi connectivity index (χ0n) is 10.5. The van der Waals surface area contributed by atoms with E-state index in [-0.39, 0.29) is 12.2 Å². The monoisotopic (exact) mass is 258 g/mol. The molecule has 19 heavy (non-hydrogen) atoms. The molecule has 0 aliphatic rings. The first-order valence-corrected chi connectivity index (χ1v) is 5.77. The van der Waals surface area contributed by atoms with Crippen molar-refractivity contribution in [2.24, 2.45) is 0 Å². The molecule has 98 valence electrons. The Hall–Kier alpha value is -2.33. The minimum absolute atomic E-state index is 0.0770. The van der Waals surface area contributed by atoms with Crippen LogP contribution in [0.4, 0.5) is 0 Å². The molecule has 4 heteroatoms. The van der Waals surface area contributed by atoms with Crippen LogP contribution in [0.25, 0.3) is 11.1 Å². The van der Waals surface area contributed by atoms with Crippen LogP contribution >= 0.6 is 0 Å². The summed E-state index contributed by atoms with van der Waals surface area (Å²) in [6.45, 7) is -0.0770. The fourth-order valence-corrected chi connectivity index (χ4v) is 1.92. The molecule has 0 aliphatic heterocycles. The Morgan fingerprint density at radius 2 is 2.00 bits per heavy atom. The van der Waals surface area contributed by atoms with Gasteiger partial charge in [-0.2, -0.15) is 0 Å². The first kappa shape index (κ1) is 13.1. The average Bonchev–Trinajstić information content (AvgIpc) is 2.46. The molecule has 0 spiro atoms. The van der Waals surface area contributed by atoms with Crippen molar-refractivity contribution in [3.63, 3.8) is 0 Å². The highest BCUT2D eigenvalue weighted by molar-refractivity contribution is 5.96. The molecule has 0 radical (unpaired) electrons. The zero-order valence-corrected chi connectivity index (χ0v) is 10.5. The van der Waals surface area contributed by atoms with E-state index < -0.39 is 5.97 Å². The molecule has 0 amide bonds. The van der Waals surface area contributed by atoms with Gasteiger partial charge in [0.05, 0.1) is 19.3 Å². The summed E-state index contributed by atoms with van der Waals surface area (Å²) in [5.41, 5.74) is 2.27. The summed E-state index contributed by atoms with van der Waals surface area (Å²) in [7, 11) is 1.49. The Kier molecular flexibility index (Phi) is 3.82. The molecule has 0 atom stereocenters. The van der Waals surface area contributed by atoms with E-state index in [0.29, 0.717) is 11.3 Å². The SMILES string of the molecule is COc1ccc(-c2cccc(CO)c2)c(C(=O)O)c1. The zero-order chi connectivity index (χ0) is 13.8. The molecule has 2 aromatic rings. The molecule has 0 bridgehead atoms. The summed E-state index contributed by atoms with van der Waals surface area (Å²) >= 11 is 0. The van der Waals surface area contributed by atoms with Gasteiger partial charge in [-0.3, -0.25) is 0 Å². The molecule has 2 aromatic carbocycles. The minimum atomic E-state index is -1.01. The molecule has 0 heterocycles. The van der Waals surface area contributed by atoms with Gasteiger partial charge in [-0.15, -0.1) is 0 Å². The number of benzene rings is 2. The van der Waals surface area contributed by atoms with Gasteiger partial charge in [0.25, 0.3) is 0 Å². The summed E-state index contributed by atoms with van der Waals surface area (Å²) in [5, 5.41) is 18.4. The Morgan fingerprint density at radius 3 is 2.63 bits per heavy atom. The predicted octanol–water partition coefficient (Wildman–Crippen LogP) is 2.55. The third kappa shape index (κ3) is 2.74. The smallest absolute Gasteiger partial charge is 0.336 e. The van der Waals surface area contributed by atoms with Gasteiger partial charge in [0.15, 0.2) is 0 Å². The summed E-state index contributed by atoms with van der Waals surface area (Å²) in [6, 6.07) is 12.1. The van der Waals surface area contributed by atoms with Gasteiger partial charge in [-0.05, 0) is 41.0 Å². The van der Waals surface area contributed by atoms with Crippen LogP contribution in [0, 0.1) is 0 Å². The second-order valence-corrected chi connectivity index (χ2v) is 4.08. The second kappa shape index (κ2) is 5.54. The average molecular weight is 258 g/mol. The fourth-order valence-electron chi connectivity index (χ4n) is 1.92. The van der Waals surface area contributed by atoms with Gasteiger partial charge in [0, 0.05) is 0 Å². The van der Waals surface area contributed by atoms with E-state index in [1.807, 2.05) is 6.07 Å². The van der Waals surface area contributed by atoms with Crippen LogP contribution in [0.1, 0.15) is 15.9 Å². The maximum atomic E-state index is 11.3. The molecule has 0 aromatic heterocycles. The number of rotatable bonds is 4. The van der Waals surface area contributed by atoms with Gasteiger partial charge in [0.1, 0.15) is 5.75 Å². The van der Waals surface area contributed by atoms with Crippen molar-refractivity contribution in [2.75, 3.05) is 7.11 Å². The number of aliphatic hydroxyl groups is 1. The number of carboxylic acids is 1. The molecule has 2 N–H and O–H groups in total. The van der Waals surface area contributed by atoms with Crippen molar-refractivity contribution < 1.29 is 19.7 Å². The highest BCUT2D eigenvalue weighted by atomic mass is 16.5. The lowest BCUT2D eigenvalue weighted by molar-refractivity contribution is 0.0697. The molecule has 0 saturated heterocycles. The molecule has 0 aliphatic carbocycles. The van der Waals surface area contributed by atoms with Crippen molar-refractivity contribution >= 4 is 5.97 Å². The van der Waals surface area contributed by atoms with Crippen molar-refractivity contribution in [2.45, 2.75) is 6.61 Å². The molecular weight excluding hydrogens is 244 g/mol. The molecule has 0 unspecified atom stereocenters. The van der Waals surface area contributed by atoms with E-state index in [1.54, 1.807) is 30.3 Å². The van der Waals surface area contributed by atoms with Crippen LogP contribution in [0.5, 0.6) is 5.75 Å². The van der Waals surface area contributed by atoms with Gasteiger partial charge in [0.2, 0.25) is 0 Å². The van der Waals surface area contributed by atoms with E-state index >= 15 is 0 Å². The van der Waals surface area contributed by atoms with Gasteiger partial charge in [-0.1, -0.05) is 18.2 Å². The number of ether oxygens (including phenoxy) is 1. The molecule has 4 nitrogen and oxygen atoms in total. The first-order chi connectivity index (χ1) is 9.15. The minimum Gasteiger partial charge on any atom is -0.497 e. The maximum absolute atomic E-state index is 11.3. The van der Waals surface area contributed by atoms with Gasteiger partial charge >= 0.3 is 5.97 Å². The largest absolute Gasteiger partial charge is 0.497 e. The summed E-state index contributed by atoms with van der Waals surface area (Å²) in [5.74, 6) is -0.511. The van der Waals surface area contributed by atoms with Crippen LogP contribution in [0.3, 0.4) is 0 Å². The highest BCUT2D eigenvalue weighted by Gasteiger charge is 2.13. The van der Waals surface area contributed by atoms with Crippen molar-refractivity contribution in [3.8, 4) is 16.9 Å². The number of aromatic carboxylic acids is 1. The Balaban J connectivity index is 2.57. The Morgan fingerprint density at radius 1 is 1.21 bits per heavy atom. The summed E-state index contributed by atoms with van der Waals surface area (Å²) in [4.78, 5) is 11.3. The lowest BCUT2D eigenvalue weighted by Gasteiger charge is -2.09. The number of carboxylic acid groups (broad SMARTS) is 1. The molecule has 0 saturated carbocycles. The van der Waals surface area contributed by atoms with Gasteiger partial charge < -0.3 is 14.9 Å². The Bertz CT molecular complexity index is 605. The molecule has 0 fully saturated rings. The van der Waals surface area contributed by atoms with Crippen molar-refractivity contribution in [1.29, 1.82) is 0 Å². The fraction of sp³-hybridized carbons (Fsp3) is 0.133. The number of methoxy groups -OCH3 is 1. The number of hydrogen-bond donors (Lipinski definition) is 2. The van der Waals surface area contributed by atoms with Crippen molar-refractivity contribution in [1.82, 2.24) is 0 Å². The van der Waals surface area contributed by atoms with Crippen LogP contribution < -0.4 is 4.74 Å². The quantitative estimate of drug-likeness (QED) is 0.884. The lowest BCUT2D eigenvalue weighted by Crippen LogP contribution is -2.00. The topological polar surface area (TPSA) is 66.8 Å². The maximum Gasteiger partial charge on any atom is 0.336 e. The summed E-state index contributed by atoms with van der Waals surface area (Å²) < 4.78 is 5.04. The number of carbonyl (C=O) groups is 1. The van der Waals surface area contributed by atoms with E-state index in [2.05, 4.69) is 0 Å². The molecular formula is C15H14O4. The Labute approximate surface area is 110 Å². The van der Waals surface area contributed by atoms with E-state index in [1.165, 1.54) is 13.2 Å². The lowest BCUT2D eigenvalue weighted by atomic mass is 9.98. The standard InChI is InChI=1S/C15H14O4/c1-19-12-5-6-13(14(8-12)15(17)18)11-4-2-3-10(7-11)9-16/h2-8,16H,9H2,1H3,(H,17,18). The van der Waals surface area contributed by atoms with Crippen LogP contribution in [0.15, 0.2) is 42.5 Å². The van der Waals surface area contributed by atoms with Crippen molar-refractivity contribution in [3.05, 3.63) is 53.6 Å². The van der Waals surface area contributed by atoms with Crippen LogP contribution in [-0.4, -0.2) is 23.3 Å². The first-order valence-electron chi connectivity index (χ1n) is 5.77. The second-order valence-electron chi connectivity index (χ2n) is 4.08. The van der Waals surface area contributed by atoms with Crippen LogP contribution in [0.2, 0.25) is 0 Å². The summed E-state index contributed by atoms with van der Waals surface area (Å²) in [6.07, 6.45) is 0. The van der Waals surface area contributed by atoms with Crippen LogP contribution in [-0.2, 0) is 6.61 Å². The molecule has 2 rings (SSSR count). The number of aliphatic hydroxyl groups excluding tert-OH is 1. The van der Waals surface area contributed by atoms with Gasteiger partial charge in [-0.25, -0.2) is 4.79 Å². The van der Waals surface area contributed by atoms with E-state index in [9.17, 15) is 9.90 Å².